The van der Waals surface area contributed by atoms with E-state index in [1.807, 2.05) is 13.8 Å². The van der Waals surface area contributed by atoms with E-state index in [0.717, 1.165) is 36.1 Å². The molecule has 0 radical (unpaired) electrons. The second kappa shape index (κ2) is 6.97. The van der Waals surface area contributed by atoms with Crippen LogP contribution in [0.1, 0.15) is 25.8 Å². The molecule has 0 saturated heterocycles. The third-order valence-corrected chi connectivity index (χ3v) is 3.94. The Kier molecular flexibility index (Phi) is 6.17. The Morgan fingerprint density at radius 3 is 2.32 bits per heavy atom. The fourth-order valence-corrected chi connectivity index (χ4v) is 2.66. The first kappa shape index (κ1) is 16.8. The summed E-state index contributed by atoms with van der Waals surface area (Å²) in [4.78, 5) is 2.09. The molecule has 0 heterocycles. The quantitative estimate of drug-likeness (QED) is 0.590. The molecule has 0 aliphatic carbocycles. The lowest BCUT2D eigenvalue weighted by atomic mass is 10.1. The lowest BCUT2D eigenvalue weighted by molar-refractivity contribution is -0.137. The summed E-state index contributed by atoms with van der Waals surface area (Å²) in [6.07, 6.45) is -3.37. The number of rotatable bonds is 5. The topological polar surface area (TPSA) is 3.24 Å². The zero-order valence-electron chi connectivity index (χ0n) is 10.8. The van der Waals surface area contributed by atoms with Crippen LogP contribution in [0.25, 0.3) is 0 Å². The summed E-state index contributed by atoms with van der Waals surface area (Å²) >= 11 is 6.62. The van der Waals surface area contributed by atoms with Gasteiger partial charge < -0.3 is 4.90 Å². The van der Waals surface area contributed by atoms with Crippen molar-refractivity contribution >= 4 is 37.5 Å². The summed E-state index contributed by atoms with van der Waals surface area (Å²) in [7, 11) is 0. The van der Waals surface area contributed by atoms with Crippen LogP contribution in [0.15, 0.2) is 22.7 Å². The molecule has 0 atom stereocenters. The van der Waals surface area contributed by atoms with Gasteiger partial charge in [-0.15, -0.1) is 0 Å². The molecule has 0 saturated carbocycles. The average Bonchev–Trinajstić information content (AvgIpc) is 2.29. The van der Waals surface area contributed by atoms with Crippen molar-refractivity contribution in [2.45, 2.75) is 32.5 Å². The molecule has 0 bridgehead atoms. The minimum atomic E-state index is -4.31. The van der Waals surface area contributed by atoms with Crippen molar-refractivity contribution in [3.63, 3.8) is 0 Å². The number of hydrogen-bond donors (Lipinski definition) is 0. The van der Waals surface area contributed by atoms with Gasteiger partial charge in [-0.05, 0) is 54.4 Å². The van der Waals surface area contributed by atoms with Gasteiger partial charge in [0, 0.05) is 22.4 Å². The van der Waals surface area contributed by atoms with Crippen molar-refractivity contribution in [2.75, 3.05) is 16.8 Å². The van der Waals surface area contributed by atoms with Crippen molar-refractivity contribution in [2.24, 2.45) is 0 Å². The highest BCUT2D eigenvalue weighted by molar-refractivity contribution is 9.10. The van der Waals surface area contributed by atoms with E-state index < -0.39 is 11.7 Å². The molecular weight excluding hydrogens is 387 g/mol. The van der Waals surface area contributed by atoms with Crippen LogP contribution in [0.3, 0.4) is 0 Å². The lowest BCUT2D eigenvalue weighted by Crippen LogP contribution is -2.32. The van der Waals surface area contributed by atoms with Crippen molar-refractivity contribution in [3.8, 4) is 0 Å². The predicted octanol–water partition coefficient (Wildman–Crippen LogP) is 5.47. The van der Waals surface area contributed by atoms with Gasteiger partial charge in [-0.3, -0.25) is 0 Å². The number of anilines is 1. The molecule has 1 aromatic rings. The first-order valence-corrected chi connectivity index (χ1v) is 7.88. The molecule has 0 aliphatic heterocycles. The Balaban J connectivity index is 3.05. The fourth-order valence-electron chi connectivity index (χ4n) is 1.80. The fraction of sp³-hybridized carbons (Fsp3) is 0.538. The maximum absolute atomic E-state index is 12.6. The normalized spacial score (nSPS) is 12.0. The number of alkyl halides is 4. The number of nitrogens with zero attached hydrogens (tertiary/aromatic N) is 1. The average molecular weight is 403 g/mol. The first-order chi connectivity index (χ1) is 8.77. The van der Waals surface area contributed by atoms with Crippen molar-refractivity contribution in [1.82, 2.24) is 0 Å². The van der Waals surface area contributed by atoms with Crippen LogP contribution in [0.5, 0.6) is 0 Å². The Hall–Kier alpha value is -0.230. The number of halogens is 5. The van der Waals surface area contributed by atoms with Crippen LogP contribution >= 0.6 is 31.9 Å². The van der Waals surface area contributed by atoms with Crippen LogP contribution in [-0.2, 0) is 6.18 Å². The maximum atomic E-state index is 12.6. The minimum Gasteiger partial charge on any atom is -0.368 e. The van der Waals surface area contributed by atoms with Gasteiger partial charge in [0.15, 0.2) is 0 Å². The SMILES string of the molecule is CC(C)N(CCCBr)c1ccc(C(F)(F)F)cc1Br. The molecule has 0 unspecified atom stereocenters. The van der Waals surface area contributed by atoms with E-state index in [-0.39, 0.29) is 6.04 Å². The van der Waals surface area contributed by atoms with Crippen molar-refractivity contribution in [1.29, 1.82) is 0 Å². The maximum Gasteiger partial charge on any atom is 0.416 e. The lowest BCUT2D eigenvalue weighted by Gasteiger charge is -2.30. The van der Waals surface area contributed by atoms with Crippen molar-refractivity contribution in [3.05, 3.63) is 28.2 Å². The Labute approximate surface area is 128 Å². The van der Waals surface area contributed by atoms with Gasteiger partial charge >= 0.3 is 6.18 Å². The molecule has 0 amide bonds. The monoisotopic (exact) mass is 401 g/mol. The van der Waals surface area contributed by atoms with Crippen LogP contribution in [0, 0.1) is 0 Å². The second-order valence-electron chi connectivity index (χ2n) is 4.49. The highest BCUT2D eigenvalue weighted by Gasteiger charge is 2.31. The number of benzene rings is 1. The molecular formula is C13H16Br2F3N. The van der Waals surface area contributed by atoms with E-state index in [0.29, 0.717) is 4.47 Å². The van der Waals surface area contributed by atoms with E-state index in [2.05, 4.69) is 36.8 Å². The van der Waals surface area contributed by atoms with Gasteiger partial charge in [0.05, 0.1) is 11.3 Å². The summed E-state index contributed by atoms with van der Waals surface area (Å²) < 4.78 is 38.3. The molecule has 0 fully saturated rings. The number of hydrogen-bond acceptors (Lipinski definition) is 1. The highest BCUT2D eigenvalue weighted by Crippen LogP contribution is 2.35. The zero-order chi connectivity index (χ0) is 14.6. The molecule has 0 N–H and O–H groups in total. The summed E-state index contributed by atoms with van der Waals surface area (Å²) in [6.45, 7) is 4.85. The van der Waals surface area contributed by atoms with Crippen LogP contribution in [0.2, 0.25) is 0 Å². The molecule has 1 rings (SSSR count). The molecule has 6 heteroatoms. The zero-order valence-corrected chi connectivity index (χ0v) is 13.9. The van der Waals surface area contributed by atoms with Gasteiger partial charge in [-0.2, -0.15) is 13.2 Å². The standard InChI is InChI=1S/C13H16Br2F3N/c1-9(2)19(7-3-6-14)12-5-4-10(8-11(12)15)13(16,17)18/h4-5,8-9H,3,6-7H2,1-2H3. The molecule has 0 aromatic heterocycles. The van der Waals surface area contributed by atoms with Crippen LogP contribution < -0.4 is 4.90 Å². The highest BCUT2D eigenvalue weighted by atomic mass is 79.9. The van der Waals surface area contributed by atoms with Crippen LogP contribution in [-0.4, -0.2) is 17.9 Å². The predicted molar refractivity (Wildman–Crippen MR) is 80.0 cm³/mol. The Morgan fingerprint density at radius 1 is 1.26 bits per heavy atom. The van der Waals surface area contributed by atoms with E-state index >= 15 is 0 Å². The smallest absolute Gasteiger partial charge is 0.368 e. The van der Waals surface area contributed by atoms with Gasteiger partial charge in [0.25, 0.3) is 0 Å². The van der Waals surface area contributed by atoms with E-state index in [1.54, 1.807) is 0 Å². The van der Waals surface area contributed by atoms with E-state index in [9.17, 15) is 13.2 Å². The van der Waals surface area contributed by atoms with E-state index in [4.69, 9.17) is 0 Å². The summed E-state index contributed by atoms with van der Waals surface area (Å²) in [6, 6.07) is 4.02. The largest absolute Gasteiger partial charge is 0.416 e. The third kappa shape index (κ3) is 4.67. The summed E-state index contributed by atoms with van der Waals surface area (Å²) in [5.74, 6) is 0. The molecule has 1 nitrogen and oxygen atoms in total. The Bertz CT molecular complexity index is 419. The first-order valence-electron chi connectivity index (χ1n) is 5.96. The second-order valence-corrected chi connectivity index (χ2v) is 6.14. The molecule has 0 spiro atoms. The van der Waals surface area contributed by atoms with Gasteiger partial charge in [0.2, 0.25) is 0 Å². The van der Waals surface area contributed by atoms with Crippen LogP contribution in [0.4, 0.5) is 18.9 Å². The van der Waals surface area contributed by atoms with Gasteiger partial charge in [-0.25, -0.2) is 0 Å². The van der Waals surface area contributed by atoms with Gasteiger partial charge in [-0.1, -0.05) is 15.9 Å². The molecule has 108 valence electrons. The van der Waals surface area contributed by atoms with E-state index in [1.165, 1.54) is 6.07 Å². The van der Waals surface area contributed by atoms with Gasteiger partial charge in [0.1, 0.15) is 0 Å². The summed E-state index contributed by atoms with van der Waals surface area (Å²) in [5.41, 5.74) is 0.163. The Morgan fingerprint density at radius 2 is 1.89 bits per heavy atom. The summed E-state index contributed by atoms with van der Waals surface area (Å²) in [5, 5.41) is 0.870. The van der Waals surface area contributed by atoms with Crippen molar-refractivity contribution < 1.29 is 13.2 Å². The minimum absolute atomic E-state index is 0.229. The molecule has 0 aliphatic rings. The third-order valence-electron chi connectivity index (χ3n) is 2.74. The molecule has 1 aromatic carbocycles. The molecule has 19 heavy (non-hydrogen) atoms.